The summed E-state index contributed by atoms with van der Waals surface area (Å²) < 4.78 is 6.99. The zero-order chi connectivity index (χ0) is 12.1. The SMILES string of the molecule is Brc1ccc2c(c1)C1=C(C2)c2ccccc2OC1. The maximum absolute atomic E-state index is 5.86. The summed E-state index contributed by atoms with van der Waals surface area (Å²) in [6, 6.07) is 14.8. The molecule has 2 aromatic carbocycles. The van der Waals surface area contributed by atoms with Crippen LogP contribution >= 0.6 is 15.9 Å². The van der Waals surface area contributed by atoms with Crippen LogP contribution in [0.4, 0.5) is 0 Å². The standard InChI is InChI=1S/C16H11BrO/c17-11-6-5-10-7-14-12-3-1-2-4-16(12)18-9-15(14)13(10)8-11/h1-6,8H,7,9H2. The molecule has 0 aromatic heterocycles. The summed E-state index contributed by atoms with van der Waals surface area (Å²) in [6.45, 7) is 0.690. The smallest absolute Gasteiger partial charge is 0.127 e. The molecule has 0 spiro atoms. The molecule has 18 heavy (non-hydrogen) atoms. The summed E-state index contributed by atoms with van der Waals surface area (Å²) in [4.78, 5) is 0. The van der Waals surface area contributed by atoms with Gasteiger partial charge in [0.05, 0.1) is 0 Å². The maximum atomic E-state index is 5.86. The minimum atomic E-state index is 0.690. The van der Waals surface area contributed by atoms with Crippen molar-refractivity contribution in [2.24, 2.45) is 0 Å². The normalized spacial score (nSPS) is 15.8. The highest BCUT2D eigenvalue weighted by Crippen LogP contribution is 2.45. The van der Waals surface area contributed by atoms with Gasteiger partial charge in [0, 0.05) is 15.6 Å². The zero-order valence-electron chi connectivity index (χ0n) is 9.74. The average molecular weight is 299 g/mol. The van der Waals surface area contributed by atoms with Crippen molar-refractivity contribution >= 4 is 27.1 Å². The molecular formula is C16H11BrO. The molecule has 0 unspecified atom stereocenters. The fraction of sp³-hybridized carbons (Fsp3) is 0.125. The van der Waals surface area contributed by atoms with E-state index in [-0.39, 0.29) is 0 Å². The van der Waals surface area contributed by atoms with Crippen molar-refractivity contribution in [3.8, 4) is 5.75 Å². The highest BCUT2D eigenvalue weighted by atomic mass is 79.9. The quantitative estimate of drug-likeness (QED) is 0.704. The molecular weight excluding hydrogens is 288 g/mol. The third kappa shape index (κ3) is 1.39. The molecule has 0 amide bonds. The van der Waals surface area contributed by atoms with Gasteiger partial charge in [-0.05, 0) is 41.3 Å². The van der Waals surface area contributed by atoms with Crippen LogP contribution in [0.5, 0.6) is 5.75 Å². The first-order chi connectivity index (χ1) is 8.83. The summed E-state index contributed by atoms with van der Waals surface area (Å²) in [7, 11) is 0. The first-order valence-electron chi connectivity index (χ1n) is 6.06. The number of rotatable bonds is 0. The molecule has 2 aliphatic rings. The van der Waals surface area contributed by atoms with E-state index >= 15 is 0 Å². The van der Waals surface area contributed by atoms with Crippen LogP contribution < -0.4 is 4.74 Å². The van der Waals surface area contributed by atoms with E-state index in [4.69, 9.17) is 4.74 Å². The molecule has 0 bridgehead atoms. The Hall–Kier alpha value is -1.54. The molecule has 0 fully saturated rings. The minimum Gasteiger partial charge on any atom is -0.488 e. The Morgan fingerprint density at radius 2 is 1.83 bits per heavy atom. The molecule has 88 valence electrons. The second-order valence-corrected chi connectivity index (χ2v) is 5.64. The summed E-state index contributed by atoms with van der Waals surface area (Å²) >= 11 is 3.55. The van der Waals surface area contributed by atoms with Crippen LogP contribution in [0.3, 0.4) is 0 Å². The van der Waals surface area contributed by atoms with Gasteiger partial charge in [-0.15, -0.1) is 0 Å². The van der Waals surface area contributed by atoms with Crippen LogP contribution in [0.25, 0.3) is 11.1 Å². The van der Waals surface area contributed by atoms with Crippen molar-refractivity contribution in [1.29, 1.82) is 0 Å². The molecule has 2 aromatic rings. The molecule has 0 radical (unpaired) electrons. The van der Waals surface area contributed by atoms with E-state index in [2.05, 4.69) is 52.3 Å². The predicted molar refractivity (Wildman–Crippen MR) is 76.6 cm³/mol. The van der Waals surface area contributed by atoms with Crippen LogP contribution in [-0.2, 0) is 6.42 Å². The van der Waals surface area contributed by atoms with Crippen molar-refractivity contribution in [3.05, 3.63) is 63.6 Å². The van der Waals surface area contributed by atoms with Gasteiger partial charge in [-0.25, -0.2) is 0 Å². The van der Waals surface area contributed by atoms with Gasteiger partial charge < -0.3 is 4.74 Å². The van der Waals surface area contributed by atoms with Gasteiger partial charge in [-0.2, -0.15) is 0 Å². The fourth-order valence-electron chi connectivity index (χ4n) is 2.86. The van der Waals surface area contributed by atoms with E-state index in [1.54, 1.807) is 0 Å². The second kappa shape index (κ2) is 3.72. The highest BCUT2D eigenvalue weighted by Gasteiger charge is 2.27. The summed E-state index contributed by atoms with van der Waals surface area (Å²) in [5.41, 5.74) is 6.79. The maximum Gasteiger partial charge on any atom is 0.127 e. The van der Waals surface area contributed by atoms with Crippen LogP contribution in [0.15, 0.2) is 46.9 Å². The number of halogens is 1. The van der Waals surface area contributed by atoms with Crippen molar-refractivity contribution in [3.63, 3.8) is 0 Å². The number of benzene rings is 2. The number of fused-ring (bicyclic) bond motifs is 4. The van der Waals surface area contributed by atoms with Crippen molar-refractivity contribution in [2.45, 2.75) is 6.42 Å². The van der Waals surface area contributed by atoms with Crippen LogP contribution in [0, 0.1) is 0 Å². The average Bonchev–Trinajstić information content (AvgIpc) is 2.77. The Kier molecular flexibility index (Phi) is 2.15. The highest BCUT2D eigenvalue weighted by molar-refractivity contribution is 9.10. The van der Waals surface area contributed by atoms with E-state index < -0.39 is 0 Å². The predicted octanol–water partition coefficient (Wildman–Crippen LogP) is 4.31. The molecule has 0 atom stereocenters. The van der Waals surface area contributed by atoms with E-state index in [1.807, 2.05) is 6.07 Å². The fourth-order valence-corrected chi connectivity index (χ4v) is 3.22. The van der Waals surface area contributed by atoms with Gasteiger partial charge in [0.25, 0.3) is 0 Å². The number of allylic oxidation sites excluding steroid dienone is 1. The first-order valence-corrected chi connectivity index (χ1v) is 6.85. The molecule has 0 saturated carbocycles. The monoisotopic (exact) mass is 298 g/mol. The molecule has 1 nitrogen and oxygen atoms in total. The lowest BCUT2D eigenvalue weighted by molar-refractivity contribution is 0.365. The van der Waals surface area contributed by atoms with Gasteiger partial charge >= 0.3 is 0 Å². The summed E-state index contributed by atoms with van der Waals surface area (Å²) in [5, 5.41) is 0. The molecule has 2 heteroatoms. The Morgan fingerprint density at radius 1 is 0.944 bits per heavy atom. The van der Waals surface area contributed by atoms with Crippen LogP contribution in [-0.4, -0.2) is 6.61 Å². The van der Waals surface area contributed by atoms with Gasteiger partial charge in [0.1, 0.15) is 12.4 Å². The Balaban J connectivity index is 1.94. The number of ether oxygens (including phenoxy) is 1. The Labute approximate surface area is 114 Å². The first kappa shape index (κ1) is 10.4. The van der Waals surface area contributed by atoms with E-state index in [1.165, 1.54) is 27.8 Å². The Morgan fingerprint density at radius 3 is 2.78 bits per heavy atom. The van der Waals surface area contributed by atoms with Crippen LogP contribution in [0.2, 0.25) is 0 Å². The van der Waals surface area contributed by atoms with Gasteiger partial charge in [0.2, 0.25) is 0 Å². The second-order valence-electron chi connectivity index (χ2n) is 4.72. The van der Waals surface area contributed by atoms with Gasteiger partial charge in [-0.1, -0.05) is 40.2 Å². The Bertz CT molecular complexity index is 685. The van der Waals surface area contributed by atoms with Crippen molar-refractivity contribution in [1.82, 2.24) is 0 Å². The zero-order valence-corrected chi connectivity index (χ0v) is 11.3. The molecule has 1 aliphatic heterocycles. The van der Waals surface area contributed by atoms with E-state index in [0.717, 1.165) is 16.6 Å². The van der Waals surface area contributed by atoms with Gasteiger partial charge in [-0.3, -0.25) is 0 Å². The lowest BCUT2D eigenvalue weighted by Crippen LogP contribution is -2.07. The van der Waals surface area contributed by atoms with E-state index in [9.17, 15) is 0 Å². The van der Waals surface area contributed by atoms with Crippen molar-refractivity contribution < 1.29 is 4.74 Å². The third-order valence-corrected chi connectivity index (χ3v) is 4.21. The number of hydrogen-bond donors (Lipinski definition) is 0. The van der Waals surface area contributed by atoms with E-state index in [0.29, 0.717) is 6.61 Å². The van der Waals surface area contributed by atoms with Crippen LogP contribution in [0.1, 0.15) is 16.7 Å². The molecule has 0 N–H and O–H groups in total. The topological polar surface area (TPSA) is 9.23 Å². The molecule has 1 aliphatic carbocycles. The van der Waals surface area contributed by atoms with Crippen molar-refractivity contribution in [2.75, 3.05) is 6.61 Å². The number of para-hydroxylation sites is 1. The van der Waals surface area contributed by atoms with Gasteiger partial charge in [0.15, 0.2) is 0 Å². The number of hydrogen-bond acceptors (Lipinski definition) is 1. The molecule has 4 rings (SSSR count). The lowest BCUT2D eigenvalue weighted by Gasteiger charge is -2.20. The third-order valence-electron chi connectivity index (χ3n) is 3.71. The molecule has 0 saturated heterocycles. The largest absolute Gasteiger partial charge is 0.488 e. The molecule has 1 heterocycles. The summed E-state index contributed by atoms with van der Waals surface area (Å²) in [5.74, 6) is 1.02. The minimum absolute atomic E-state index is 0.690. The lowest BCUT2D eigenvalue weighted by atomic mass is 9.98. The summed E-state index contributed by atoms with van der Waals surface area (Å²) in [6.07, 6.45) is 1.03.